The van der Waals surface area contributed by atoms with Gasteiger partial charge in [0.2, 0.25) is 0 Å². The van der Waals surface area contributed by atoms with Crippen LogP contribution in [0.3, 0.4) is 0 Å². The van der Waals surface area contributed by atoms with Gasteiger partial charge in [-0.1, -0.05) is 6.92 Å². The summed E-state index contributed by atoms with van der Waals surface area (Å²) in [6.45, 7) is 3.73. The van der Waals surface area contributed by atoms with Crippen LogP contribution < -0.4 is 0 Å². The molecule has 0 fully saturated rings. The molecule has 1 atom stereocenters. The topological polar surface area (TPSA) is 93.8 Å². The highest BCUT2D eigenvalue weighted by molar-refractivity contribution is 5.69. The fraction of sp³-hybridized carbons (Fsp3) is 0.364. The number of aliphatic carboxylic acids is 1. The molecule has 2 rings (SSSR count). The molecule has 0 aliphatic heterocycles. The number of carboxylic acid groups (broad SMARTS) is 1. The zero-order chi connectivity index (χ0) is 13.1. The Hall–Kier alpha value is -2.31. The van der Waals surface area contributed by atoms with E-state index >= 15 is 0 Å². The third kappa shape index (κ3) is 2.50. The molecule has 0 aromatic carbocycles. The highest BCUT2D eigenvalue weighted by atomic mass is 16.4. The molecule has 0 amide bonds. The maximum absolute atomic E-state index is 10.8. The van der Waals surface area contributed by atoms with E-state index in [0.29, 0.717) is 5.82 Å². The van der Waals surface area contributed by atoms with Crippen molar-refractivity contribution in [3.8, 4) is 11.4 Å². The van der Waals surface area contributed by atoms with E-state index in [1.54, 1.807) is 13.1 Å². The fourth-order valence-electron chi connectivity index (χ4n) is 1.47. The average molecular weight is 247 g/mol. The van der Waals surface area contributed by atoms with E-state index < -0.39 is 11.9 Å². The zero-order valence-electron chi connectivity index (χ0n) is 10.1. The van der Waals surface area contributed by atoms with Gasteiger partial charge in [-0.2, -0.15) is 0 Å². The lowest BCUT2D eigenvalue weighted by Crippen LogP contribution is -2.18. The Bertz CT molecular complexity index is 549. The van der Waals surface area contributed by atoms with Crippen LogP contribution >= 0.6 is 0 Å². The van der Waals surface area contributed by atoms with Crippen molar-refractivity contribution in [2.45, 2.75) is 20.4 Å². The van der Waals surface area contributed by atoms with Gasteiger partial charge in [0.05, 0.1) is 12.5 Å². The SMILES string of the molecule is Cc1ccc(-c2nnnn2CC(C)C(=O)O)cn1. The van der Waals surface area contributed by atoms with Crippen LogP contribution in [-0.4, -0.2) is 36.3 Å². The number of rotatable bonds is 4. The van der Waals surface area contributed by atoms with Crippen molar-refractivity contribution in [2.75, 3.05) is 0 Å². The minimum Gasteiger partial charge on any atom is -0.481 e. The fourth-order valence-corrected chi connectivity index (χ4v) is 1.47. The summed E-state index contributed by atoms with van der Waals surface area (Å²) >= 11 is 0. The minimum absolute atomic E-state index is 0.228. The van der Waals surface area contributed by atoms with E-state index in [9.17, 15) is 4.79 Å². The van der Waals surface area contributed by atoms with Gasteiger partial charge in [0, 0.05) is 17.5 Å². The highest BCUT2D eigenvalue weighted by Crippen LogP contribution is 2.15. The Morgan fingerprint density at radius 2 is 2.28 bits per heavy atom. The summed E-state index contributed by atoms with van der Waals surface area (Å²) in [6.07, 6.45) is 1.67. The van der Waals surface area contributed by atoms with Gasteiger partial charge < -0.3 is 5.11 Å². The molecule has 2 aromatic heterocycles. The zero-order valence-corrected chi connectivity index (χ0v) is 10.1. The van der Waals surface area contributed by atoms with Crippen molar-refractivity contribution >= 4 is 5.97 Å². The van der Waals surface area contributed by atoms with E-state index in [0.717, 1.165) is 11.3 Å². The molecule has 18 heavy (non-hydrogen) atoms. The van der Waals surface area contributed by atoms with Crippen LogP contribution in [0.1, 0.15) is 12.6 Å². The number of nitrogens with zero attached hydrogens (tertiary/aromatic N) is 5. The summed E-state index contributed by atoms with van der Waals surface area (Å²) in [6, 6.07) is 3.71. The van der Waals surface area contributed by atoms with Crippen molar-refractivity contribution in [2.24, 2.45) is 5.92 Å². The molecule has 94 valence electrons. The summed E-state index contributed by atoms with van der Waals surface area (Å²) < 4.78 is 1.48. The highest BCUT2D eigenvalue weighted by Gasteiger charge is 2.16. The van der Waals surface area contributed by atoms with E-state index in [1.807, 2.05) is 19.1 Å². The van der Waals surface area contributed by atoms with Crippen LogP contribution in [-0.2, 0) is 11.3 Å². The van der Waals surface area contributed by atoms with Crippen LogP contribution in [0.5, 0.6) is 0 Å². The monoisotopic (exact) mass is 247 g/mol. The maximum Gasteiger partial charge on any atom is 0.308 e. The molecule has 0 spiro atoms. The number of tetrazole rings is 1. The first-order chi connectivity index (χ1) is 8.58. The average Bonchev–Trinajstić information content (AvgIpc) is 2.78. The Labute approximate surface area is 103 Å². The number of aromatic nitrogens is 5. The molecular formula is C11H13N5O2. The lowest BCUT2D eigenvalue weighted by molar-refractivity contribution is -0.141. The molecule has 0 radical (unpaired) electrons. The molecule has 0 saturated heterocycles. The van der Waals surface area contributed by atoms with Crippen molar-refractivity contribution < 1.29 is 9.90 Å². The molecule has 7 nitrogen and oxygen atoms in total. The normalized spacial score (nSPS) is 12.3. The third-order valence-electron chi connectivity index (χ3n) is 2.57. The van der Waals surface area contributed by atoms with E-state index in [4.69, 9.17) is 5.11 Å². The Morgan fingerprint density at radius 1 is 1.50 bits per heavy atom. The summed E-state index contributed by atoms with van der Waals surface area (Å²) in [4.78, 5) is 15.0. The minimum atomic E-state index is -0.876. The Morgan fingerprint density at radius 3 is 2.89 bits per heavy atom. The van der Waals surface area contributed by atoms with Crippen molar-refractivity contribution in [1.82, 2.24) is 25.2 Å². The maximum atomic E-state index is 10.8. The standard InChI is InChI=1S/C11H13N5O2/c1-7(11(17)18)6-16-10(13-14-15-16)9-4-3-8(2)12-5-9/h3-5,7H,6H2,1-2H3,(H,17,18). The number of carbonyl (C=O) groups is 1. The predicted octanol–water partition coefficient (Wildman–Crippen LogP) is 0.764. The van der Waals surface area contributed by atoms with E-state index in [1.165, 1.54) is 4.68 Å². The first-order valence-electron chi connectivity index (χ1n) is 5.50. The van der Waals surface area contributed by atoms with Gasteiger partial charge >= 0.3 is 5.97 Å². The number of hydrogen-bond donors (Lipinski definition) is 1. The van der Waals surface area contributed by atoms with Crippen LogP contribution in [0, 0.1) is 12.8 Å². The third-order valence-corrected chi connectivity index (χ3v) is 2.57. The van der Waals surface area contributed by atoms with Crippen molar-refractivity contribution in [3.63, 3.8) is 0 Å². The molecule has 0 aliphatic carbocycles. The smallest absolute Gasteiger partial charge is 0.308 e. The van der Waals surface area contributed by atoms with E-state index in [2.05, 4.69) is 20.5 Å². The van der Waals surface area contributed by atoms with Gasteiger partial charge in [-0.25, -0.2) is 4.68 Å². The second kappa shape index (κ2) is 4.91. The van der Waals surface area contributed by atoms with Gasteiger partial charge in [0.15, 0.2) is 5.82 Å². The Balaban J connectivity index is 2.27. The summed E-state index contributed by atoms with van der Waals surface area (Å²) in [5.41, 5.74) is 1.67. The molecule has 0 saturated carbocycles. The van der Waals surface area contributed by atoms with Gasteiger partial charge in [0.25, 0.3) is 0 Å². The van der Waals surface area contributed by atoms with Crippen LogP contribution in [0.15, 0.2) is 18.3 Å². The Kier molecular flexibility index (Phi) is 3.31. The molecule has 7 heteroatoms. The lowest BCUT2D eigenvalue weighted by Gasteiger charge is -2.07. The predicted molar refractivity (Wildman–Crippen MR) is 62.6 cm³/mol. The number of pyridine rings is 1. The van der Waals surface area contributed by atoms with E-state index in [-0.39, 0.29) is 6.54 Å². The summed E-state index contributed by atoms with van der Waals surface area (Å²) in [7, 11) is 0. The molecule has 0 aliphatic rings. The quantitative estimate of drug-likeness (QED) is 0.857. The molecule has 0 bridgehead atoms. The number of aryl methyl sites for hydroxylation is 1. The molecular weight excluding hydrogens is 234 g/mol. The summed E-state index contributed by atoms with van der Waals surface area (Å²) in [5, 5.41) is 20.2. The van der Waals surface area contributed by atoms with Crippen LogP contribution in [0.2, 0.25) is 0 Å². The van der Waals surface area contributed by atoms with Gasteiger partial charge in [0.1, 0.15) is 0 Å². The lowest BCUT2D eigenvalue weighted by atomic mass is 10.2. The summed E-state index contributed by atoms with van der Waals surface area (Å²) in [5.74, 6) is -0.903. The van der Waals surface area contributed by atoms with Crippen molar-refractivity contribution in [1.29, 1.82) is 0 Å². The van der Waals surface area contributed by atoms with Gasteiger partial charge in [-0.15, -0.1) is 5.10 Å². The molecule has 1 unspecified atom stereocenters. The first kappa shape index (κ1) is 12.2. The number of carboxylic acids is 1. The van der Waals surface area contributed by atoms with Crippen LogP contribution in [0.4, 0.5) is 0 Å². The van der Waals surface area contributed by atoms with Crippen molar-refractivity contribution in [3.05, 3.63) is 24.0 Å². The molecule has 2 aromatic rings. The van der Waals surface area contributed by atoms with Gasteiger partial charge in [-0.05, 0) is 29.5 Å². The first-order valence-corrected chi connectivity index (χ1v) is 5.50. The van der Waals surface area contributed by atoms with Crippen LogP contribution in [0.25, 0.3) is 11.4 Å². The second-order valence-corrected chi connectivity index (χ2v) is 4.11. The second-order valence-electron chi connectivity index (χ2n) is 4.11. The molecule has 1 N–H and O–H groups in total. The molecule has 2 heterocycles. The van der Waals surface area contributed by atoms with Gasteiger partial charge in [-0.3, -0.25) is 9.78 Å². The largest absolute Gasteiger partial charge is 0.481 e. The number of hydrogen-bond acceptors (Lipinski definition) is 5.